The molecule has 2 aromatic carbocycles. The molecule has 7 nitrogen and oxygen atoms in total. The Morgan fingerprint density at radius 3 is 2.16 bits per heavy atom. The van der Waals surface area contributed by atoms with Crippen LogP contribution in [0.4, 0.5) is 5.69 Å². The molecule has 2 N–H and O–H groups in total. The summed E-state index contributed by atoms with van der Waals surface area (Å²) < 4.78 is 5.37. The van der Waals surface area contributed by atoms with Crippen molar-refractivity contribution in [1.82, 2.24) is 0 Å². The molecule has 0 fully saturated rings. The molecule has 0 saturated carbocycles. The van der Waals surface area contributed by atoms with Crippen molar-refractivity contribution < 1.29 is 24.6 Å². The normalized spacial score (nSPS) is 12.9. The fourth-order valence-electron chi connectivity index (χ4n) is 2.57. The molecule has 2 aromatic rings. The molecular formula is C18H19N2O5+. The van der Waals surface area contributed by atoms with Crippen molar-refractivity contribution in [3.63, 3.8) is 0 Å². The number of esters is 1. The lowest BCUT2D eigenvalue weighted by molar-refractivity contribution is -0.657. The van der Waals surface area contributed by atoms with E-state index in [4.69, 9.17) is 4.74 Å². The van der Waals surface area contributed by atoms with Crippen molar-refractivity contribution in [2.75, 3.05) is 7.05 Å². The van der Waals surface area contributed by atoms with Crippen LogP contribution in [0.1, 0.15) is 28.9 Å². The predicted octanol–water partition coefficient (Wildman–Crippen LogP) is 1.64. The van der Waals surface area contributed by atoms with Gasteiger partial charge in [0.15, 0.2) is 12.1 Å². The molecule has 0 spiro atoms. The Morgan fingerprint density at radius 2 is 1.68 bits per heavy atom. The second-order valence-corrected chi connectivity index (χ2v) is 5.47. The summed E-state index contributed by atoms with van der Waals surface area (Å²) in [6.45, 7) is 1.26. The number of likely N-dealkylation sites (N-methyl/N-ethyl adjacent to an activating group) is 1. The second-order valence-electron chi connectivity index (χ2n) is 5.47. The predicted molar refractivity (Wildman–Crippen MR) is 90.0 cm³/mol. The standard InChI is InChI=1S/C18H18N2O5/c1-12(21)25-18(14-8-10-15(11-9-14)20(23)24)16(19-2)17(22)13-6-4-3-5-7-13/h3-11,16,18-19H,1-2H3/p+1/t16-,18+/m0/s1. The zero-order chi connectivity index (χ0) is 18.4. The van der Waals surface area contributed by atoms with E-state index in [1.807, 2.05) is 0 Å². The zero-order valence-electron chi connectivity index (χ0n) is 13.9. The van der Waals surface area contributed by atoms with E-state index in [1.54, 1.807) is 42.7 Å². The molecule has 25 heavy (non-hydrogen) atoms. The molecular weight excluding hydrogens is 324 g/mol. The lowest BCUT2D eigenvalue weighted by Gasteiger charge is -2.23. The van der Waals surface area contributed by atoms with Gasteiger partial charge in [0, 0.05) is 24.6 Å². The first-order chi connectivity index (χ1) is 11.9. The maximum Gasteiger partial charge on any atom is 0.303 e. The molecule has 0 aliphatic carbocycles. The van der Waals surface area contributed by atoms with E-state index in [1.165, 1.54) is 31.2 Å². The average Bonchev–Trinajstić information content (AvgIpc) is 2.62. The molecule has 0 saturated heterocycles. The number of benzene rings is 2. The van der Waals surface area contributed by atoms with E-state index in [0.29, 0.717) is 11.1 Å². The largest absolute Gasteiger partial charge is 0.451 e. The Morgan fingerprint density at radius 1 is 1.08 bits per heavy atom. The van der Waals surface area contributed by atoms with Crippen LogP contribution in [0, 0.1) is 10.1 Å². The van der Waals surface area contributed by atoms with Crippen LogP contribution in [-0.2, 0) is 9.53 Å². The molecule has 0 bridgehead atoms. The van der Waals surface area contributed by atoms with Crippen LogP contribution in [0.15, 0.2) is 54.6 Å². The third-order valence-electron chi connectivity index (χ3n) is 3.77. The van der Waals surface area contributed by atoms with Crippen LogP contribution in [0.5, 0.6) is 0 Å². The number of quaternary nitrogens is 1. The number of carbonyl (C=O) groups excluding carboxylic acids is 2. The van der Waals surface area contributed by atoms with Crippen molar-refractivity contribution in [2.24, 2.45) is 0 Å². The average molecular weight is 343 g/mol. The number of hydrogen-bond acceptors (Lipinski definition) is 5. The first-order valence-electron chi connectivity index (χ1n) is 7.74. The number of carbonyl (C=O) groups is 2. The molecule has 0 heterocycles. The molecule has 0 aromatic heterocycles. The van der Waals surface area contributed by atoms with E-state index in [-0.39, 0.29) is 11.5 Å². The Bertz CT molecular complexity index is 759. The highest BCUT2D eigenvalue weighted by Gasteiger charge is 2.35. The van der Waals surface area contributed by atoms with Gasteiger partial charge in [0.25, 0.3) is 5.69 Å². The summed E-state index contributed by atoms with van der Waals surface area (Å²) in [7, 11) is 1.72. The summed E-state index contributed by atoms with van der Waals surface area (Å²) in [5.74, 6) is -0.719. The van der Waals surface area contributed by atoms with Gasteiger partial charge < -0.3 is 10.1 Å². The number of ketones is 1. The van der Waals surface area contributed by atoms with Crippen LogP contribution in [0.3, 0.4) is 0 Å². The van der Waals surface area contributed by atoms with Gasteiger partial charge in [0.1, 0.15) is 0 Å². The van der Waals surface area contributed by atoms with Crippen molar-refractivity contribution in [1.29, 1.82) is 0 Å². The second kappa shape index (κ2) is 8.16. The van der Waals surface area contributed by atoms with Gasteiger partial charge in [-0.25, -0.2) is 0 Å². The van der Waals surface area contributed by atoms with Gasteiger partial charge >= 0.3 is 5.97 Å². The quantitative estimate of drug-likeness (QED) is 0.356. The summed E-state index contributed by atoms with van der Waals surface area (Å²) in [6, 6.07) is 13.7. The molecule has 0 radical (unpaired) electrons. The molecule has 0 unspecified atom stereocenters. The smallest absolute Gasteiger partial charge is 0.303 e. The van der Waals surface area contributed by atoms with Crippen LogP contribution < -0.4 is 5.32 Å². The van der Waals surface area contributed by atoms with Crippen LogP contribution in [0.25, 0.3) is 0 Å². The number of ether oxygens (including phenoxy) is 1. The molecule has 2 atom stereocenters. The Balaban J connectivity index is 2.38. The molecule has 2 rings (SSSR count). The minimum Gasteiger partial charge on any atom is -0.451 e. The molecule has 7 heteroatoms. The van der Waals surface area contributed by atoms with E-state index < -0.39 is 23.0 Å². The van der Waals surface area contributed by atoms with Gasteiger partial charge in [-0.2, -0.15) is 0 Å². The van der Waals surface area contributed by atoms with Crippen molar-refractivity contribution in [3.8, 4) is 0 Å². The Labute approximate surface area is 144 Å². The van der Waals surface area contributed by atoms with Crippen LogP contribution in [-0.4, -0.2) is 29.8 Å². The zero-order valence-corrected chi connectivity index (χ0v) is 13.9. The fourth-order valence-corrected chi connectivity index (χ4v) is 2.57. The monoisotopic (exact) mass is 343 g/mol. The van der Waals surface area contributed by atoms with E-state index >= 15 is 0 Å². The number of hydrogen-bond donors (Lipinski definition) is 1. The summed E-state index contributed by atoms with van der Waals surface area (Å²) >= 11 is 0. The van der Waals surface area contributed by atoms with Crippen LogP contribution in [0.2, 0.25) is 0 Å². The van der Waals surface area contributed by atoms with Gasteiger partial charge in [0.05, 0.1) is 12.0 Å². The minimum atomic E-state index is -0.851. The number of non-ortho nitro benzene ring substituents is 1. The molecule has 0 aliphatic heterocycles. The van der Waals surface area contributed by atoms with Crippen molar-refractivity contribution >= 4 is 17.4 Å². The van der Waals surface area contributed by atoms with Crippen molar-refractivity contribution in [3.05, 3.63) is 75.8 Å². The number of nitrogens with two attached hydrogens (primary N) is 1. The summed E-state index contributed by atoms with van der Waals surface area (Å²) in [6.07, 6.45) is -0.851. The lowest BCUT2D eigenvalue weighted by atomic mass is 9.94. The summed E-state index contributed by atoms with van der Waals surface area (Å²) in [5, 5.41) is 12.5. The number of nitro benzene ring substituents is 1. The van der Waals surface area contributed by atoms with Gasteiger partial charge in [-0.1, -0.05) is 30.3 Å². The third kappa shape index (κ3) is 4.48. The maximum atomic E-state index is 12.8. The summed E-state index contributed by atoms with van der Waals surface area (Å²) in [5.41, 5.74) is 0.953. The van der Waals surface area contributed by atoms with Crippen molar-refractivity contribution in [2.45, 2.75) is 19.1 Å². The number of Topliss-reactive ketones (excluding diaryl/α,β-unsaturated/α-hetero) is 1. The SMILES string of the molecule is C[NH2+][C@@H](C(=O)c1ccccc1)[C@H](OC(C)=O)c1ccc([N+](=O)[O-])cc1. The van der Waals surface area contributed by atoms with E-state index in [0.717, 1.165) is 0 Å². The fraction of sp³-hybridized carbons (Fsp3) is 0.222. The molecule has 0 aliphatic rings. The highest BCUT2D eigenvalue weighted by molar-refractivity contribution is 5.99. The first kappa shape index (κ1) is 18.3. The van der Waals surface area contributed by atoms with E-state index in [2.05, 4.69) is 0 Å². The van der Waals surface area contributed by atoms with Gasteiger partial charge in [-0.3, -0.25) is 19.7 Å². The molecule has 0 amide bonds. The van der Waals surface area contributed by atoms with Crippen LogP contribution >= 0.6 is 0 Å². The lowest BCUT2D eigenvalue weighted by Crippen LogP contribution is -2.89. The third-order valence-corrected chi connectivity index (χ3v) is 3.77. The Kier molecular flexibility index (Phi) is 5.97. The topological polar surface area (TPSA) is 103 Å². The summed E-state index contributed by atoms with van der Waals surface area (Å²) in [4.78, 5) is 34.6. The first-order valence-corrected chi connectivity index (χ1v) is 7.74. The van der Waals surface area contributed by atoms with E-state index in [9.17, 15) is 19.7 Å². The highest BCUT2D eigenvalue weighted by Crippen LogP contribution is 2.24. The van der Waals surface area contributed by atoms with Gasteiger partial charge in [-0.15, -0.1) is 0 Å². The molecule has 130 valence electrons. The van der Waals surface area contributed by atoms with Gasteiger partial charge in [-0.05, 0) is 17.7 Å². The number of rotatable bonds is 7. The minimum absolute atomic E-state index is 0.0725. The Hall–Kier alpha value is -3.06. The maximum absolute atomic E-state index is 12.8. The highest BCUT2D eigenvalue weighted by atomic mass is 16.6. The number of nitro groups is 1. The number of nitrogens with zero attached hydrogens (tertiary/aromatic N) is 1. The van der Waals surface area contributed by atoms with Gasteiger partial charge in [0.2, 0.25) is 5.78 Å².